The van der Waals surface area contributed by atoms with Crippen molar-refractivity contribution in [1.29, 1.82) is 0 Å². The summed E-state index contributed by atoms with van der Waals surface area (Å²) in [5.41, 5.74) is 6.26. The number of hydrogen-bond acceptors (Lipinski definition) is 6. The first-order valence-corrected chi connectivity index (χ1v) is 6.38. The maximum absolute atomic E-state index is 11.8. The topological polar surface area (TPSA) is 106 Å². The average molecular weight is 280 g/mol. The Morgan fingerprint density at radius 1 is 1.45 bits per heavy atom. The van der Waals surface area contributed by atoms with Gasteiger partial charge in [-0.15, -0.1) is 0 Å². The van der Waals surface area contributed by atoms with Crippen LogP contribution in [0.5, 0.6) is 0 Å². The number of nitrogens with one attached hydrogen (secondary N) is 2. The Kier molecular flexibility index (Phi) is 5.76. The van der Waals surface area contributed by atoms with Gasteiger partial charge in [-0.25, -0.2) is 9.78 Å². The van der Waals surface area contributed by atoms with Crippen LogP contribution in [0.15, 0.2) is 12.1 Å². The smallest absolute Gasteiger partial charge is 0.356 e. The third kappa shape index (κ3) is 4.11. The van der Waals surface area contributed by atoms with Crippen molar-refractivity contribution in [3.63, 3.8) is 0 Å². The van der Waals surface area contributed by atoms with Crippen molar-refractivity contribution in [1.82, 2.24) is 10.3 Å². The number of carbonyl (C=O) groups is 2. The molecule has 0 saturated heterocycles. The largest absolute Gasteiger partial charge is 0.464 e. The molecule has 1 amide bonds. The number of aromatic nitrogens is 1. The second kappa shape index (κ2) is 7.32. The van der Waals surface area contributed by atoms with E-state index in [-0.39, 0.29) is 17.4 Å². The van der Waals surface area contributed by atoms with E-state index in [0.717, 1.165) is 6.42 Å². The molecule has 0 aromatic carbocycles. The number of anilines is 2. The summed E-state index contributed by atoms with van der Waals surface area (Å²) in [6.07, 6.45) is 0.858. The van der Waals surface area contributed by atoms with Crippen LogP contribution in [-0.2, 0) is 9.53 Å². The monoisotopic (exact) mass is 280 g/mol. The minimum Gasteiger partial charge on any atom is -0.464 e. The molecule has 4 N–H and O–H groups in total. The molecule has 1 atom stereocenters. The number of pyridine rings is 1. The quantitative estimate of drug-likeness (QED) is 0.665. The van der Waals surface area contributed by atoms with E-state index in [2.05, 4.69) is 20.4 Å². The second-order valence-corrected chi connectivity index (χ2v) is 4.28. The third-order valence-corrected chi connectivity index (χ3v) is 2.62. The van der Waals surface area contributed by atoms with E-state index >= 15 is 0 Å². The molecule has 110 valence electrons. The van der Waals surface area contributed by atoms with Crippen molar-refractivity contribution in [2.75, 3.05) is 24.7 Å². The number of nitrogen functional groups attached to an aromatic ring is 1. The van der Waals surface area contributed by atoms with Crippen molar-refractivity contribution in [3.05, 3.63) is 17.8 Å². The molecule has 0 spiro atoms. The van der Waals surface area contributed by atoms with E-state index in [1.807, 2.05) is 6.92 Å². The predicted molar refractivity (Wildman–Crippen MR) is 76.4 cm³/mol. The maximum Gasteiger partial charge on any atom is 0.356 e. The lowest BCUT2D eigenvalue weighted by Crippen LogP contribution is -2.38. The molecular weight excluding hydrogens is 260 g/mol. The zero-order valence-electron chi connectivity index (χ0n) is 11.9. The zero-order chi connectivity index (χ0) is 15.1. The van der Waals surface area contributed by atoms with Crippen molar-refractivity contribution in [3.8, 4) is 0 Å². The third-order valence-electron chi connectivity index (χ3n) is 2.62. The number of nitrogens with zero attached hydrogens (tertiary/aromatic N) is 1. The van der Waals surface area contributed by atoms with Gasteiger partial charge in [0.25, 0.3) is 0 Å². The molecule has 1 aromatic rings. The lowest BCUT2D eigenvalue weighted by atomic mass is 10.2. The summed E-state index contributed by atoms with van der Waals surface area (Å²) in [6.45, 7) is 4.27. The van der Waals surface area contributed by atoms with Crippen LogP contribution in [0, 0.1) is 0 Å². The van der Waals surface area contributed by atoms with Gasteiger partial charge in [-0.3, -0.25) is 4.79 Å². The summed E-state index contributed by atoms with van der Waals surface area (Å²) in [4.78, 5) is 27.2. The first-order chi connectivity index (χ1) is 9.49. The van der Waals surface area contributed by atoms with Crippen LogP contribution < -0.4 is 16.4 Å². The zero-order valence-corrected chi connectivity index (χ0v) is 11.9. The molecule has 1 heterocycles. The first kappa shape index (κ1) is 15.7. The van der Waals surface area contributed by atoms with Gasteiger partial charge in [0.05, 0.1) is 12.8 Å². The molecule has 0 fully saturated rings. The lowest BCUT2D eigenvalue weighted by molar-refractivity contribution is -0.121. The molecule has 0 aliphatic rings. The fourth-order valence-electron chi connectivity index (χ4n) is 1.48. The molecule has 0 aliphatic carbocycles. The van der Waals surface area contributed by atoms with Gasteiger partial charge < -0.3 is 21.1 Å². The Bertz CT molecular complexity index is 491. The van der Waals surface area contributed by atoms with Gasteiger partial charge in [0, 0.05) is 6.54 Å². The summed E-state index contributed by atoms with van der Waals surface area (Å²) >= 11 is 0. The number of ether oxygens (including phenoxy) is 1. The van der Waals surface area contributed by atoms with Crippen molar-refractivity contribution in [2.24, 2.45) is 0 Å². The molecule has 0 radical (unpaired) electrons. The number of esters is 1. The summed E-state index contributed by atoms with van der Waals surface area (Å²) in [5, 5.41) is 5.64. The van der Waals surface area contributed by atoms with E-state index in [4.69, 9.17) is 5.73 Å². The highest BCUT2D eigenvalue weighted by Gasteiger charge is 2.16. The van der Waals surface area contributed by atoms with Gasteiger partial charge in [0.2, 0.25) is 5.91 Å². The van der Waals surface area contributed by atoms with Crippen LogP contribution in [-0.4, -0.2) is 36.6 Å². The molecule has 1 unspecified atom stereocenters. The van der Waals surface area contributed by atoms with Crippen LogP contribution in [0.3, 0.4) is 0 Å². The molecule has 1 aromatic heterocycles. The maximum atomic E-state index is 11.8. The SMILES string of the molecule is CCCNC(=O)C(C)Nc1nc(C(=O)OC)ccc1N. The van der Waals surface area contributed by atoms with Crippen molar-refractivity contribution >= 4 is 23.4 Å². The van der Waals surface area contributed by atoms with Crippen LogP contribution >= 0.6 is 0 Å². The number of methoxy groups -OCH3 is 1. The fraction of sp³-hybridized carbons (Fsp3) is 0.462. The molecule has 7 nitrogen and oxygen atoms in total. The highest BCUT2D eigenvalue weighted by Crippen LogP contribution is 2.17. The van der Waals surface area contributed by atoms with E-state index in [1.54, 1.807) is 6.92 Å². The number of rotatable bonds is 6. The summed E-state index contributed by atoms with van der Waals surface area (Å²) in [5.74, 6) is -0.431. The Labute approximate surface area is 117 Å². The molecule has 0 saturated carbocycles. The Hall–Kier alpha value is -2.31. The summed E-state index contributed by atoms with van der Waals surface area (Å²) in [7, 11) is 1.27. The number of carbonyl (C=O) groups excluding carboxylic acids is 2. The van der Waals surface area contributed by atoms with Crippen LogP contribution in [0.1, 0.15) is 30.8 Å². The number of nitrogens with two attached hydrogens (primary N) is 1. The van der Waals surface area contributed by atoms with Crippen molar-refractivity contribution in [2.45, 2.75) is 26.3 Å². The molecule has 1 rings (SSSR count). The van der Waals surface area contributed by atoms with Gasteiger partial charge in [0.15, 0.2) is 11.5 Å². The van der Waals surface area contributed by atoms with Gasteiger partial charge in [-0.1, -0.05) is 6.92 Å². The molecule has 7 heteroatoms. The Morgan fingerprint density at radius 2 is 2.15 bits per heavy atom. The average Bonchev–Trinajstić information content (AvgIpc) is 2.45. The molecule has 0 aliphatic heterocycles. The molecule has 0 bridgehead atoms. The van der Waals surface area contributed by atoms with Crippen LogP contribution in [0.4, 0.5) is 11.5 Å². The van der Waals surface area contributed by atoms with E-state index in [9.17, 15) is 9.59 Å². The standard InChI is InChI=1S/C13H20N4O3/c1-4-7-15-12(18)8(2)16-11-9(14)5-6-10(17-11)13(19)20-3/h5-6,8H,4,7,14H2,1-3H3,(H,15,18)(H,16,17). The second-order valence-electron chi connectivity index (χ2n) is 4.28. The first-order valence-electron chi connectivity index (χ1n) is 6.38. The van der Waals surface area contributed by atoms with Crippen LogP contribution in [0.2, 0.25) is 0 Å². The molecule has 20 heavy (non-hydrogen) atoms. The van der Waals surface area contributed by atoms with Gasteiger partial charge >= 0.3 is 5.97 Å². The molecular formula is C13H20N4O3. The highest BCUT2D eigenvalue weighted by atomic mass is 16.5. The van der Waals surface area contributed by atoms with E-state index in [1.165, 1.54) is 19.2 Å². The fourth-order valence-corrected chi connectivity index (χ4v) is 1.48. The van der Waals surface area contributed by atoms with E-state index < -0.39 is 12.0 Å². The minimum atomic E-state index is -0.559. The number of hydrogen-bond donors (Lipinski definition) is 3. The number of amides is 1. The summed E-state index contributed by atoms with van der Waals surface area (Å²) < 4.78 is 4.59. The summed E-state index contributed by atoms with van der Waals surface area (Å²) in [6, 6.07) is 2.50. The van der Waals surface area contributed by atoms with Gasteiger partial charge in [-0.05, 0) is 25.5 Å². The Morgan fingerprint density at radius 3 is 2.75 bits per heavy atom. The van der Waals surface area contributed by atoms with Gasteiger partial charge in [-0.2, -0.15) is 0 Å². The normalized spacial score (nSPS) is 11.6. The van der Waals surface area contributed by atoms with Crippen molar-refractivity contribution < 1.29 is 14.3 Å². The minimum absolute atomic E-state index is 0.130. The lowest BCUT2D eigenvalue weighted by Gasteiger charge is -2.16. The Balaban J connectivity index is 2.80. The van der Waals surface area contributed by atoms with Crippen LogP contribution in [0.25, 0.3) is 0 Å². The van der Waals surface area contributed by atoms with E-state index in [0.29, 0.717) is 12.2 Å². The predicted octanol–water partition coefficient (Wildman–Crippen LogP) is 0.777. The highest BCUT2D eigenvalue weighted by molar-refractivity contribution is 5.89. The van der Waals surface area contributed by atoms with Gasteiger partial charge in [0.1, 0.15) is 6.04 Å².